The van der Waals surface area contributed by atoms with Gasteiger partial charge in [-0.25, -0.2) is 0 Å². The lowest BCUT2D eigenvalue weighted by Crippen LogP contribution is -2.38. The maximum atomic E-state index is 11.6. The molecule has 2 aliphatic heterocycles. The molecule has 0 aromatic rings. The summed E-state index contributed by atoms with van der Waals surface area (Å²) in [5.41, 5.74) is 0. The minimum Gasteiger partial charge on any atom is -0.494 e. The number of nitrogens with zero attached hydrogens (tertiary/aromatic N) is 1. The SMILES string of the molecule is O=C(NCCCN1CCOCC1)C1=COCCO1. The first kappa shape index (κ1) is 13.2. The summed E-state index contributed by atoms with van der Waals surface area (Å²) in [5.74, 6) is 0.0734. The van der Waals surface area contributed by atoms with Crippen LogP contribution >= 0.6 is 0 Å². The Hall–Kier alpha value is -1.27. The number of amides is 1. The van der Waals surface area contributed by atoms with E-state index in [-0.39, 0.29) is 11.7 Å². The lowest BCUT2D eigenvalue weighted by molar-refractivity contribution is -0.122. The van der Waals surface area contributed by atoms with E-state index in [0.29, 0.717) is 19.8 Å². The molecule has 102 valence electrons. The Morgan fingerprint density at radius 3 is 2.83 bits per heavy atom. The van der Waals surface area contributed by atoms with Crippen LogP contribution in [0, 0.1) is 0 Å². The van der Waals surface area contributed by atoms with Gasteiger partial charge >= 0.3 is 0 Å². The van der Waals surface area contributed by atoms with Crippen LogP contribution in [0.25, 0.3) is 0 Å². The molecule has 1 N–H and O–H groups in total. The number of ether oxygens (including phenoxy) is 3. The quantitative estimate of drug-likeness (QED) is 0.685. The molecular formula is C12H20N2O4. The first-order chi connectivity index (χ1) is 8.86. The van der Waals surface area contributed by atoms with Crippen LogP contribution in [-0.4, -0.2) is 63.4 Å². The van der Waals surface area contributed by atoms with E-state index in [1.807, 2.05) is 0 Å². The molecule has 2 rings (SSSR count). The lowest BCUT2D eigenvalue weighted by atomic mass is 10.3. The van der Waals surface area contributed by atoms with Crippen molar-refractivity contribution in [2.24, 2.45) is 0 Å². The van der Waals surface area contributed by atoms with E-state index in [9.17, 15) is 4.79 Å². The van der Waals surface area contributed by atoms with Crippen LogP contribution in [0.1, 0.15) is 6.42 Å². The standard InChI is InChI=1S/C12H20N2O4/c15-12(11-10-17-8-9-18-11)13-2-1-3-14-4-6-16-7-5-14/h10H,1-9H2,(H,13,15). The van der Waals surface area contributed by atoms with Gasteiger partial charge in [-0.15, -0.1) is 0 Å². The fraction of sp³-hybridized carbons (Fsp3) is 0.750. The highest BCUT2D eigenvalue weighted by molar-refractivity contribution is 5.91. The molecule has 0 unspecified atom stereocenters. The molecule has 2 aliphatic rings. The highest BCUT2D eigenvalue weighted by Gasteiger charge is 2.14. The van der Waals surface area contributed by atoms with Gasteiger partial charge in [0.05, 0.1) is 13.2 Å². The van der Waals surface area contributed by atoms with Crippen LogP contribution in [0.5, 0.6) is 0 Å². The predicted octanol–water partition coefficient (Wildman–Crippen LogP) is -0.287. The summed E-state index contributed by atoms with van der Waals surface area (Å²) in [4.78, 5) is 14.0. The van der Waals surface area contributed by atoms with E-state index < -0.39 is 0 Å². The largest absolute Gasteiger partial charge is 0.494 e. The smallest absolute Gasteiger partial charge is 0.289 e. The van der Waals surface area contributed by atoms with Gasteiger partial charge in [0.25, 0.3) is 5.91 Å². The van der Waals surface area contributed by atoms with Crippen LogP contribution in [0.3, 0.4) is 0 Å². The van der Waals surface area contributed by atoms with Gasteiger partial charge in [-0.2, -0.15) is 0 Å². The Labute approximate surface area is 107 Å². The first-order valence-corrected chi connectivity index (χ1v) is 6.39. The summed E-state index contributed by atoms with van der Waals surface area (Å²) < 4.78 is 15.5. The molecule has 0 radical (unpaired) electrons. The van der Waals surface area contributed by atoms with Crippen LogP contribution in [0.2, 0.25) is 0 Å². The Morgan fingerprint density at radius 1 is 1.28 bits per heavy atom. The fourth-order valence-corrected chi connectivity index (χ4v) is 1.90. The highest BCUT2D eigenvalue weighted by atomic mass is 16.6. The van der Waals surface area contributed by atoms with E-state index >= 15 is 0 Å². The van der Waals surface area contributed by atoms with Crippen molar-refractivity contribution in [3.05, 3.63) is 12.0 Å². The molecule has 1 amide bonds. The van der Waals surface area contributed by atoms with E-state index in [1.54, 1.807) is 0 Å². The normalized spacial score (nSPS) is 20.6. The average Bonchev–Trinajstić information content (AvgIpc) is 2.45. The summed E-state index contributed by atoms with van der Waals surface area (Å²) in [6.07, 6.45) is 2.31. The van der Waals surface area contributed by atoms with Crippen LogP contribution in [0.15, 0.2) is 12.0 Å². The zero-order chi connectivity index (χ0) is 12.6. The predicted molar refractivity (Wildman–Crippen MR) is 64.9 cm³/mol. The topological polar surface area (TPSA) is 60.0 Å². The number of hydrogen-bond acceptors (Lipinski definition) is 5. The Bertz CT molecular complexity index is 300. The lowest BCUT2D eigenvalue weighted by Gasteiger charge is -2.26. The minimum absolute atomic E-state index is 0.198. The number of rotatable bonds is 5. The van der Waals surface area contributed by atoms with Crippen LogP contribution in [0.4, 0.5) is 0 Å². The molecular weight excluding hydrogens is 236 g/mol. The molecule has 1 saturated heterocycles. The fourth-order valence-electron chi connectivity index (χ4n) is 1.90. The van der Waals surface area contributed by atoms with E-state index in [2.05, 4.69) is 10.2 Å². The monoisotopic (exact) mass is 256 g/mol. The Kier molecular flexibility index (Phi) is 5.29. The van der Waals surface area contributed by atoms with Gasteiger partial charge in [0.1, 0.15) is 19.5 Å². The Morgan fingerprint density at radius 2 is 2.11 bits per heavy atom. The molecule has 0 bridgehead atoms. The van der Waals surface area contributed by atoms with Crippen LogP contribution in [-0.2, 0) is 19.0 Å². The summed E-state index contributed by atoms with van der Waals surface area (Å²) in [5, 5.41) is 2.82. The number of morpholine rings is 1. The van der Waals surface area contributed by atoms with Gasteiger partial charge in [-0.1, -0.05) is 0 Å². The third-order valence-corrected chi connectivity index (χ3v) is 2.91. The number of hydrogen-bond donors (Lipinski definition) is 1. The summed E-state index contributed by atoms with van der Waals surface area (Å²) in [6.45, 7) is 6.17. The maximum Gasteiger partial charge on any atom is 0.289 e. The van der Waals surface area contributed by atoms with Gasteiger partial charge in [-0.3, -0.25) is 9.69 Å². The number of carbonyl (C=O) groups excluding carboxylic acids is 1. The second-order valence-corrected chi connectivity index (χ2v) is 4.26. The van der Waals surface area contributed by atoms with Crippen LogP contribution < -0.4 is 5.32 Å². The first-order valence-electron chi connectivity index (χ1n) is 6.39. The van der Waals surface area contributed by atoms with Crippen molar-refractivity contribution in [1.82, 2.24) is 10.2 Å². The second-order valence-electron chi connectivity index (χ2n) is 4.26. The van der Waals surface area contributed by atoms with Crippen molar-refractivity contribution in [2.75, 3.05) is 52.6 Å². The zero-order valence-electron chi connectivity index (χ0n) is 10.5. The average molecular weight is 256 g/mol. The summed E-state index contributed by atoms with van der Waals surface area (Å²) >= 11 is 0. The van der Waals surface area contributed by atoms with E-state index in [1.165, 1.54) is 6.26 Å². The van der Waals surface area contributed by atoms with E-state index in [4.69, 9.17) is 14.2 Å². The highest BCUT2D eigenvalue weighted by Crippen LogP contribution is 2.03. The zero-order valence-corrected chi connectivity index (χ0v) is 10.5. The molecule has 18 heavy (non-hydrogen) atoms. The third-order valence-electron chi connectivity index (χ3n) is 2.91. The van der Waals surface area contributed by atoms with Gasteiger partial charge in [0.15, 0.2) is 0 Å². The van der Waals surface area contributed by atoms with Crippen molar-refractivity contribution >= 4 is 5.91 Å². The Balaban J connectivity index is 1.57. The van der Waals surface area contributed by atoms with Gasteiger partial charge in [-0.05, 0) is 13.0 Å². The molecule has 0 atom stereocenters. The van der Waals surface area contributed by atoms with Gasteiger partial charge in [0, 0.05) is 19.6 Å². The molecule has 0 saturated carbocycles. The number of carbonyl (C=O) groups is 1. The van der Waals surface area contributed by atoms with Crippen molar-refractivity contribution < 1.29 is 19.0 Å². The molecule has 2 heterocycles. The molecule has 0 spiro atoms. The van der Waals surface area contributed by atoms with Crippen molar-refractivity contribution in [2.45, 2.75) is 6.42 Å². The van der Waals surface area contributed by atoms with Gasteiger partial charge in [0.2, 0.25) is 5.76 Å². The van der Waals surface area contributed by atoms with Crippen molar-refractivity contribution in [3.8, 4) is 0 Å². The third kappa shape index (κ3) is 4.19. The molecule has 0 aromatic carbocycles. The molecule has 1 fully saturated rings. The molecule has 0 aromatic heterocycles. The van der Waals surface area contributed by atoms with Crippen molar-refractivity contribution in [3.63, 3.8) is 0 Å². The van der Waals surface area contributed by atoms with E-state index in [0.717, 1.165) is 39.3 Å². The van der Waals surface area contributed by atoms with Crippen molar-refractivity contribution in [1.29, 1.82) is 0 Å². The minimum atomic E-state index is -0.198. The maximum absolute atomic E-state index is 11.6. The summed E-state index contributed by atoms with van der Waals surface area (Å²) in [7, 11) is 0. The second kappa shape index (κ2) is 7.23. The molecule has 6 heteroatoms. The molecule has 6 nitrogen and oxygen atoms in total. The molecule has 0 aliphatic carbocycles. The summed E-state index contributed by atoms with van der Waals surface area (Å²) in [6, 6.07) is 0. The van der Waals surface area contributed by atoms with Gasteiger partial charge < -0.3 is 19.5 Å². The number of nitrogens with one attached hydrogen (secondary N) is 1.